The van der Waals surface area contributed by atoms with Gasteiger partial charge in [-0.05, 0) is 31.0 Å². The predicted molar refractivity (Wildman–Crippen MR) is 114 cm³/mol. The zero-order valence-electron chi connectivity index (χ0n) is 16.5. The molecule has 0 atom stereocenters. The predicted octanol–water partition coefficient (Wildman–Crippen LogP) is 3.43. The maximum atomic E-state index is 12.8. The third kappa shape index (κ3) is 3.99. The van der Waals surface area contributed by atoms with Gasteiger partial charge >= 0.3 is 0 Å². The Morgan fingerprint density at radius 2 is 1.61 bits per heavy atom. The van der Waals surface area contributed by atoms with Gasteiger partial charge in [0, 0.05) is 49.3 Å². The van der Waals surface area contributed by atoms with E-state index in [0.29, 0.717) is 13.1 Å². The average molecular weight is 398 g/mol. The topological polar surface area (TPSA) is 56.4 Å². The SMILES string of the molecule is Cc1ccc(CS(=O)(=O)N2CCN(Cc3c(C)[nH]c4ccccc34)CC2)cc1. The van der Waals surface area contributed by atoms with Crippen molar-refractivity contribution in [3.05, 3.63) is 70.9 Å². The summed E-state index contributed by atoms with van der Waals surface area (Å²) in [6, 6.07) is 16.1. The van der Waals surface area contributed by atoms with E-state index >= 15 is 0 Å². The highest BCUT2D eigenvalue weighted by Crippen LogP contribution is 2.24. The van der Waals surface area contributed by atoms with E-state index in [4.69, 9.17) is 0 Å². The second kappa shape index (κ2) is 7.70. The standard InChI is InChI=1S/C22H27N3O2S/c1-17-7-9-19(10-8-17)16-28(26,27)25-13-11-24(12-14-25)15-21-18(2)23-22-6-4-3-5-20(21)22/h3-10,23H,11-16H2,1-2H3. The first-order valence-electron chi connectivity index (χ1n) is 9.74. The van der Waals surface area contributed by atoms with Crippen LogP contribution in [0, 0.1) is 13.8 Å². The van der Waals surface area contributed by atoms with E-state index in [1.54, 1.807) is 4.31 Å². The number of benzene rings is 2. The molecule has 0 spiro atoms. The fraction of sp³-hybridized carbons (Fsp3) is 0.364. The number of fused-ring (bicyclic) bond motifs is 1. The summed E-state index contributed by atoms with van der Waals surface area (Å²) in [7, 11) is -3.28. The van der Waals surface area contributed by atoms with Gasteiger partial charge in [-0.3, -0.25) is 4.90 Å². The molecule has 0 aliphatic carbocycles. The lowest BCUT2D eigenvalue weighted by Gasteiger charge is -2.34. The van der Waals surface area contributed by atoms with Crippen LogP contribution in [-0.2, 0) is 22.3 Å². The molecule has 4 rings (SSSR count). The fourth-order valence-corrected chi connectivity index (χ4v) is 5.43. The number of aromatic nitrogens is 1. The van der Waals surface area contributed by atoms with Crippen molar-refractivity contribution in [2.75, 3.05) is 26.2 Å². The van der Waals surface area contributed by atoms with Crippen LogP contribution < -0.4 is 0 Å². The third-order valence-corrected chi connectivity index (χ3v) is 7.45. The summed E-state index contributed by atoms with van der Waals surface area (Å²) in [5.41, 5.74) is 5.65. The van der Waals surface area contributed by atoms with Gasteiger partial charge in [0.1, 0.15) is 0 Å². The quantitative estimate of drug-likeness (QED) is 0.718. The molecular formula is C22H27N3O2S. The van der Waals surface area contributed by atoms with Gasteiger partial charge in [0.05, 0.1) is 5.75 Å². The second-order valence-corrected chi connectivity index (χ2v) is 9.66. The van der Waals surface area contributed by atoms with E-state index in [-0.39, 0.29) is 5.75 Å². The van der Waals surface area contributed by atoms with E-state index in [1.165, 1.54) is 16.6 Å². The van der Waals surface area contributed by atoms with Crippen molar-refractivity contribution in [3.8, 4) is 0 Å². The number of para-hydroxylation sites is 1. The van der Waals surface area contributed by atoms with E-state index in [0.717, 1.165) is 36.3 Å². The van der Waals surface area contributed by atoms with E-state index < -0.39 is 10.0 Å². The molecule has 6 heteroatoms. The minimum atomic E-state index is -3.28. The van der Waals surface area contributed by atoms with Gasteiger partial charge < -0.3 is 4.98 Å². The number of aryl methyl sites for hydroxylation is 2. The molecule has 0 bridgehead atoms. The van der Waals surface area contributed by atoms with Crippen molar-refractivity contribution in [1.29, 1.82) is 0 Å². The van der Waals surface area contributed by atoms with Crippen molar-refractivity contribution in [1.82, 2.24) is 14.2 Å². The molecule has 1 N–H and O–H groups in total. The molecular weight excluding hydrogens is 370 g/mol. The first-order chi connectivity index (χ1) is 13.4. The zero-order chi connectivity index (χ0) is 19.7. The molecule has 5 nitrogen and oxygen atoms in total. The number of rotatable bonds is 5. The molecule has 0 saturated carbocycles. The lowest BCUT2D eigenvalue weighted by Crippen LogP contribution is -2.48. The van der Waals surface area contributed by atoms with Gasteiger partial charge in [-0.25, -0.2) is 8.42 Å². The van der Waals surface area contributed by atoms with Gasteiger partial charge in [-0.2, -0.15) is 4.31 Å². The van der Waals surface area contributed by atoms with Gasteiger partial charge in [-0.15, -0.1) is 0 Å². The highest BCUT2D eigenvalue weighted by molar-refractivity contribution is 7.88. The summed E-state index contributed by atoms with van der Waals surface area (Å²) < 4.78 is 27.2. The maximum absolute atomic E-state index is 12.8. The average Bonchev–Trinajstić information content (AvgIpc) is 2.99. The molecule has 1 aliphatic rings. The molecule has 0 unspecified atom stereocenters. The lowest BCUT2D eigenvalue weighted by atomic mass is 10.1. The van der Waals surface area contributed by atoms with Crippen LogP contribution in [-0.4, -0.2) is 48.8 Å². The summed E-state index contributed by atoms with van der Waals surface area (Å²) >= 11 is 0. The largest absolute Gasteiger partial charge is 0.358 e. The summed E-state index contributed by atoms with van der Waals surface area (Å²) in [5, 5.41) is 1.26. The molecule has 1 aromatic heterocycles. The number of nitrogens with one attached hydrogen (secondary N) is 1. The Balaban J connectivity index is 1.40. The smallest absolute Gasteiger partial charge is 0.218 e. The van der Waals surface area contributed by atoms with Crippen molar-refractivity contribution in [2.45, 2.75) is 26.1 Å². The highest BCUT2D eigenvalue weighted by atomic mass is 32.2. The Labute approximate surface area is 167 Å². The third-order valence-electron chi connectivity index (χ3n) is 5.60. The van der Waals surface area contributed by atoms with Crippen LogP contribution in [0.5, 0.6) is 0 Å². The van der Waals surface area contributed by atoms with Gasteiger partial charge in [0.15, 0.2) is 0 Å². The van der Waals surface area contributed by atoms with Gasteiger partial charge in [0.2, 0.25) is 10.0 Å². The molecule has 1 saturated heterocycles. The van der Waals surface area contributed by atoms with Gasteiger partial charge in [0.25, 0.3) is 0 Å². The molecule has 3 aromatic rings. The molecule has 2 heterocycles. The molecule has 0 amide bonds. The second-order valence-electron chi connectivity index (χ2n) is 7.69. The van der Waals surface area contributed by atoms with Crippen LogP contribution in [0.3, 0.4) is 0 Å². The van der Waals surface area contributed by atoms with Crippen LogP contribution in [0.4, 0.5) is 0 Å². The number of hydrogen-bond donors (Lipinski definition) is 1. The Kier molecular flexibility index (Phi) is 5.27. The summed E-state index contributed by atoms with van der Waals surface area (Å²) in [4.78, 5) is 5.80. The molecule has 0 radical (unpaired) electrons. The van der Waals surface area contributed by atoms with Crippen molar-refractivity contribution in [3.63, 3.8) is 0 Å². The summed E-state index contributed by atoms with van der Waals surface area (Å²) in [6.07, 6.45) is 0. The van der Waals surface area contributed by atoms with Crippen molar-refractivity contribution in [2.24, 2.45) is 0 Å². The lowest BCUT2D eigenvalue weighted by molar-refractivity contribution is 0.182. The number of piperazine rings is 1. The van der Waals surface area contributed by atoms with Crippen LogP contribution >= 0.6 is 0 Å². The minimum Gasteiger partial charge on any atom is -0.358 e. The number of aromatic amines is 1. The van der Waals surface area contributed by atoms with Crippen molar-refractivity contribution >= 4 is 20.9 Å². The van der Waals surface area contributed by atoms with E-state index in [2.05, 4.69) is 35.0 Å². The Hall–Kier alpha value is -2.15. The molecule has 148 valence electrons. The number of hydrogen-bond acceptors (Lipinski definition) is 3. The van der Waals surface area contributed by atoms with E-state index in [1.807, 2.05) is 37.3 Å². The Bertz CT molecular complexity index is 1060. The van der Waals surface area contributed by atoms with Crippen LogP contribution in [0.2, 0.25) is 0 Å². The first-order valence-corrected chi connectivity index (χ1v) is 11.4. The number of sulfonamides is 1. The molecule has 1 fully saturated rings. The number of H-pyrrole nitrogens is 1. The number of nitrogens with zero attached hydrogens (tertiary/aromatic N) is 2. The van der Waals surface area contributed by atoms with Gasteiger partial charge in [-0.1, -0.05) is 48.0 Å². The molecule has 1 aliphatic heterocycles. The van der Waals surface area contributed by atoms with Crippen LogP contribution in [0.25, 0.3) is 10.9 Å². The maximum Gasteiger partial charge on any atom is 0.218 e. The summed E-state index contributed by atoms with van der Waals surface area (Å²) in [6.45, 7) is 7.58. The highest BCUT2D eigenvalue weighted by Gasteiger charge is 2.27. The van der Waals surface area contributed by atoms with Crippen LogP contribution in [0.1, 0.15) is 22.4 Å². The molecule has 2 aromatic carbocycles. The van der Waals surface area contributed by atoms with Crippen molar-refractivity contribution < 1.29 is 8.42 Å². The normalized spacial score (nSPS) is 16.6. The van der Waals surface area contributed by atoms with E-state index in [9.17, 15) is 8.42 Å². The monoisotopic (exact) mass is 397 g/mol. The van der Waals surface area contributed by atoms with Crippen LogP contribution in [0.15, 0.2) is 48.5 Å². The Morgan fingerprint density at radius 1 is 0.929 bits per heavy atom. The fourth-order valence-electron chi connectivity index (χ4n) is 3.91. The summed E-state index contributed by atoms with van der Waals surface area (Å²) in [5.74, 6) is 0.0782. The first kappa shape index (κ1) is 19.2. The zero-order valence-corrected chi connectivity index (χ0v) is 17.3. The Morgan fingerprint density at radius 3 is 2.32 bits per heavy atom. The minimum absolute atomic E-state index is 0.0782. The molecule has 28 heavy (non-hydrogen) atoms.